The SMILES string of the molecule is CC(C)(C)OC(=O)N1[C@H]2COC[C@@H]1[C@@H](Nc1ccc(-c3ccc(-n4cccn4)c4c3cnn4COCC[Si](C)(C)C)nn1)C2. The molecule has 0 spiro atoms. The summed E-state index contributed by atoms with van der Waals surface area (Å²) < 4.78 is 21.3. The predicted octanol–water partition coefficient (Wildman–Crippen LogP) is 5.18. The number of nitrogens with one attached hydrogen (secondary N) is 1. The molecule has 2 bridgehead atoms. The number of carbonyl (C=O) groups is 1. The van der Waals surface area contributed by atoms with Crippen molar-refractivity contribution in [2.45, 2.75) is 83.3 Å². The van der Waals surface area contributed by atoms with Crippen LogP contribution in [0.25, 0.3) is 27.8 Å². The minimum atomic E-state index is -1.20. The average Bonchev–Trinajstić information content (AvgIpc) is 3.68. The minimum Gasteiger partial charge on any atom is -0.444 e. The van der Waals surface area contributed by atoms with Crippen molar-refractivity contribution in [3.05, 3.63) is 48.9 Å². The lowest BCUT2D eigenvalue weighted by Gasteiger charge is -2.36. The lowest BCUT2D eigenvalue weighted by atomic mass is 10.1. The second kappa shape index (κ2) is 11.9. The third kappa shape index (κ3) is 6.49. The van der Waals surface area contributed by atoms with Crippen LogP contribution in [0.15, 0.2) is 48.9 Å². The Balaban J connectivity index is 1.22. The molecule has 2 saturated heterocycles. The molecule has 1 N–H and O–H groups in total. The van der Waals surface area contributed by atoms with E-state index in [9.17, 15) is 4.79 Å². The number of fused-ring (bicyclic) bond motifs is 3. The molecule has 234 valence electrons. The highest BCUT2D eigenvalue weighted by molar-refractivity contribution is 6.76. The van der Waals surface area contributed by atoms with Crippen LogP contribution in [0.5, 0.6) is 0 Å². The Morgan fingerprint density at radius 2 is 1.95 bits per heavy atom. The minimum absolute atomic E-state index is 0.0191. The zero-order valence-electron chi connectivity index (χ0n) is 26.4. The first kappa shape index (κ1) is 30.2. The van der Waals surface area contributed by atoms with E-state index in [1.807, 2.05) is 77.8 Å². The molecule has 2 aliphatic heterocycles. The number of ether oxygens (including phenoxy) is 3. The largest absolute Gasteiger partial charge is 0.444 e. The Morgan fingerprint density at radius 3 is 2.66 bits per heavy atom. The molecular formula is C31H42N8O4Si. The van der Waals surface area contributed by atoms with Gasteiger partial charge in [0.25, 0.3) is 0 Å². The van der Waals surface area contributed by atoms with Gasteiger partial charge in [0.05, 0.1) is 54.4 Å². The molecule has 1 aromatic carbocycles. The van der Waals surface area contributed by atoms with Crippen molar-refractivity contribution < 1.29 is 19.0 Å². The molecule has 6 rings (SSSR count). The van der Waals surface area contributed by atoms with Crippen LogP contribution in [0.1, 0.15) is 27.2 Å². The Kier molecular flexibility index (Phi) is 8.20. The van der Waals surface area contributed by atoms with E-state index in [1.165, 1.54) is 0 Å². The van der Waals surface area contributed by atoms with Gasteiger partial charge >= 0.3 is 6.09 Å². The van der Waals surface area contributed by atoms with Crippen molar-refractivity contribution in [3.8, 4) is 16.9 Å². The highest BCUT2D eigenvalue weighted by atomic mass is 28.3. The maximum absolute atomic E-state index is 13.0. The number of rotatable bonds is 9. The van der Waals surface area contributed by atoms with Gasteiger partial charge < -0.3 is 19.5 Å². The Labute approximate surface area is 258 Å². The monoisotopic (exact) mass is 618 g/mol. The smallest absolute Gasteiger partial charge is 0.411 e. The summed E-state index contributed by atoms with van der Waals surface area (Å²) in [6, 6.07) is 10.8. The summed E-state index contributed by atoms with van der Waals surface area (Å²) in [6.07, 6.45) is 6.00. The molecule has 3 aromatic heterocycles. The fourth-order valence-corrected chi connectivity index (χ4v) is 6.58. The molecule has 0 unspecified atom stereocenters. The van der Waals surface area contributed by atoms with Crippen LogP contribution >= 0.6 is 0 Å². The van der Waals surface area contributed by atoms with Gasteiger partial charge in [0.2, 0.25) is 0 Å². The molecule has 5 heterocycles. The summed E-state index contributed by atoms with van der Waals surface area (Å²) in [5.41, 5.74) is 2.93. The van der Waals surface area contributed by atoms with Crippen LogP contribution in [0.3, 0.4) is 0 Å². The van der Waals surface area contributed by atoms with E-state index in [0.717, 1.165) is 40.3 Å². The fourth-order valence-electron chi connectivity index (χ4n) is 5.83. The molecule has 2 aliphatic rings. The first-order valence-corrected chi connectivity index (χ1v) is 18.9. The third-order valence-electron chi connectivity index (χ3n) is 7.96. The first-order chi connectivity index (χ1) is 21.0. The van der Waals surface area contributed by atoms with Crippen LogP contribution in [0.2, 0.25) is 25.7 Å². The number of carbonyl (C=O) groups excluding carboxylic acids is 1. The third-order valence-corrected chi connectivity index (χ3v) is 9.66. The number of amides is 1. The summed E-state index contributed by atoms with van der Waals surface area (Å²) in [4.78, 5) is 14.8. The van der Waals surface area contributed by atoms with Crippen LogP contribution in [0, 0.1) is 0 Å². The number of nitrogens with zero attached hydrogens (tertiary/aromatic N) is 7. The lowest BCUT2D eigenvalue weighted by molar-refractivity contribution is -0.0375. The molecule has 3 atom stereocenters. The zero-order valence-corrected chi connectivity index (χ0v) is 27.4. The Bertz CT molecular complexity index is 1590. The van der Waals surface area contributed by atoms with E-state index in [4.69, 9.17) is 19.3 Å². The topological polar surface area (TPSA) is 121 Å². The maximum Gasteiger partial charge on any atom is 0.411 e. The van der Waals surface area contributed by atoms with E-state index in [-0.39, 0.29) is 24.2 Å². The molecular weight excluding hydrogens is 576 g/mol. The summed E-state index contributed by atoms with van der Waals surface area (Å²) in [5, 5.41) is 22.7. The van der Waals surface area contributed by atoms with Gasteiger partial charge in [-0.05, 0) is 63.6 Å². The van der Waals surface area contributed by atoms with E-state index in [2.05, 4.69) is 40.3 Å². The summed E-state index contributed by atoms with van der Waals surface area (Å²) in [6.45, 7) is 14.7. The molecule has 12 nitrogen and oxygen atoms in total. The zero-order chi connectivity index (χ0) is 31.1. The van der Waals surface area contributed by atoms with Gasteiger partial charge in [0.15, 0.2) is 0 Å². The normalized spacial score (nSPS) is 20.3. The Morgan fingerprint density at radius 1 is 1.11 bits per heavy atom. The molecule has 1 amide bonds. The van der Waals surface area contributed by atoms with E-state index in [0.29, 0.717) is 32.4 Å². The molecule has 2 fully saturated rings. The van der Waals surface area contributed by atoms with Crippen molar-refractivity contribution in [1.29, 1.82) is 0 Å². The molecule has 0 aliphatic carbocycles. The number of aromatic nitrogens is 6. The summed E-state index contributed by atoms with van der Waals surface area (Å²) >= 11 is 0. The highest BCUT2D eigenvalue weighted by Gasteiger charge is 2.48. The van der Waals surface area contributed by atoms with E-state index >= 15 is 0 Å². The number of hydrogen-bond acceptors (Lipinski definition) is 9. The van der Waals surface area contributed by atoms with Gasteiger partial charge in [-0.15, -0.1) is 10.2 Å². The van der Waals surface area contributed by atoms with Gasteiger partial charge in [-0.2, -0.15) is 10.2 Å². The standard InChI is InChI=1S/C31H42N8O4Si/c1-31(2,3)43-30(40)39-21-16-25(27(39)19-42-18-21)34-28-11-9-24(35-36-28)22-8-10-26(37-13-7-12-32-37)29-23(22)17-33-38(29)20-41-14-15-44(4,5)6/h7-13,17,21,25,27H,14-16,18-20H2,1-6H3,(H,34,36)/t21-,25+,27-/m1/s1. The van der Waals surface area contributed by atoms with Gasteiger partial charge in [0, 0.05) is 38.0 Å². The molecule has 0 saturated carbocycles. The van der Waals surface area contributed by atoms with Gasteiger partial charge in [-0.1, -0.05) is 19.6 Å². The lowest BCUT2D eigenvalue weighted by Crippen LogP contribution is -2.53. The molecule has 44 heavy (non-hydrogen) atoms. The van der Waals surface area contributed by atoms with Crippen molar-refractivity contribution in [1.82, 2.24) is 34.7 Å². The number of hydrogen-bond donors (Lipinski definition) is 1. The highest BCUT2D eigenvalue weighted by Crippen LogP contribution is 2.34. The molecule has 13 heteroatoms. The molecule has 0 radical (unpaired) electrons. The van der Waals surface area contributed by atoms with Crippen molar-refractivity contribution in [2.24, 2.45) is 0 Å². The van der Waals surface area contributed by atoms with E-state index < -0.39 is 13.7 Å². The van der Waals surface area contributed by atoms with Crippen molar-refractivity contribution in [3.63, 3.8) is 0 Å². The van der Waals surface area contributed by atoms with Gasteiger partial charge in [-0.25, -0.2) is 14.2 Å². The summed E-state index contributed by atoms with van der Waals surface area (Å²) in [7, 11) is -1.20. The van der Waals surface area contributed by atoms with Crippen molar-refractivity contribution in [2.75, 3.05) is 25.1 Å². The van der Waals surface area contributed by atoms with Crippen LogP contribution < -0.4 is 5.32 Å². The maximum atomic E-state index is 13.0. The van der Waals surface area contributed by atoms with E-state index in [1.54, 1.807) is 6.20 Å². The van der Waals surface area contributed by atoms with Gasteiger partial charge in [0.1, 0.15) is 18.1 Å². The van der Waals surface area contributed by atoms with Crippen LogP contribution in [-0.2, 0) is 20.9 Å². The number of morpholine rings is 1. The first-order valence-electron chi connectivity index (χ1n) is 15.2. The predicted molar refractivity (Wildman–Crippen MR) is 170 cm³/mol. The fraction of sp³-hybridized carbons (Fsp3) is 0.516. The number of anilines is 1. The quantitative estimate of drug-likeness (QED) is 0.200. The van der Waals surface area contributed by atoms with Crippen LogP contribution in [0.4, 0.5) is 10.6 Å². The van der Waals surface area contributed by atoms with Crippen molar-refractivity contribution >= 4 is 30.9 Å². The van der Waals surface area contributed by atoms with Gasteiger partial charge in [-0.3, -0.25) is 4.90 Å². The number of benzene rings is 1. The second-order valence-electron chi connectivity index (χ2n) is 13.8. The summed E-state index contributed by atoms with van der Waals surface area (Å²) in [5.74, 6) is 0.645. The second-order valence-corrected chi connectivity index (χ2v) is 19.4. The Hall–Kier alpha value is -3.81. The average molecular weight is 619 g/mol. The molecule has 4 aromatic rings. The van der Waals surface area contributed by atoms with Crippen LogP contribution in [-0.4, -0.2) is 92.4 Å².